The van der Waals surface area contributed by atoms with Crippen molar-refractivity contribution in [2.75, 3.05) is 11.9 Å². The monoisotopic (exact) mass is 388 g/mol. The molecule has 1 amide bonds. The predicted octanol–water partition coefficient (Wildman–Crippen LogP) is 3.89. The normalized spacial score (nSPS) is 15.7. The molecule has 1 N–H and O–H groups in total. The second-order valence-electron chi connectivity index (χ2n) is 6.76. The first-order valence-corrected chi connectivity index (χ1v) is 9.49. The summed E-state index contributed by atoms with van der Waals surface area (Å²) < 4.78 is 5.10. The van der Waals surface area contributed by atoms with E-state index in [0.717, 1.165) is 19.3 Å². The average Bonchev–Trinajstić information content (AvgIpc) is 3.04. The van der Waals surface area contributed by atoms with Crippen molar-refractivity contribution in [3.63, 3.8) is 0 Å². The van der Waals surface area contributed by atoms with Gasteiger partial charge in [0.25, 0.3) is 11.6 Å². The number of para-hydroxylation sites is 1. The minimum Gasteiger partial charge on any atom is -0.451 e. The molecule has 1 atom stereocenters. The largest absolute Gasteiger partial charge is 0.451 e. The van der Waals surface area contributed by atoms with E-state index in [1.54, 1.807) is 19.1 Å². The molecule has 0 saturated carbocycles. The fourth-order valence-electron chi connectivity index (χ4n) is 3.15. The van der Waals surface area contributed by atoms with E-state index in [1.165, 1.54) is 27.8 Å². The number of benzene rings is 1. The Hall–Kier alpha value is -2.74. The van der Waals surface area contributed by atoms with E-state index in [4.69, 9.17) is 4.74 Å². The Labute approximate surface area is 160 Å². The van der Waals surface area contributed by atoms with E-state index < -0.39 is 23.4 Å². The molecule has 0 fully saturated rings. The lowest BCUT2D eigenvalue weighted by Gasteiger charge is -2.16. The second kappa shape index (κ2) is 7.87. The molecule has 0 bridgehead atoms. The molecule has 1 aromatic heterocycles. The molecule has 0 unspecified atom stereocenters. The molecule has 1 aliphatic carbocycles. The van der Waals surface area contributed by atoms with Crippen LogP contribution >= 0.6 is 11.3 Å². The van der Waals surface area contributed by atoms with Crippen LogP contribution in [0.3, 0.4) is 0 Å². The number of carbonyl (C=O) groups is 2. The lowest BCUT2D eigenvalue weighted by molar-refractivity contribution is -0.384. The number of thiophene rings is 1. The molecule has 2 aromatic rings. The van der Waals surface area contributed by atoms with Gasteiger partial charge in [-0.1, -0.05) is 19.1 Å². The number of hydrogen-bond acceptors (Lipinski definition) is 6. The highest BCUT2D eigenvalue weighted by Crippen LogP contribution is 2.32. The number of anilines is 1. The summed E-state index contributed by atoms with van der Waals surface area (Å²) in [7, 11) is 0. The molecule has 1 aromatic carbocycles. The molecule has 1 heterocycles. The third kappa shape index (κ3) is 4.33. The standard InChI is InChI=1S/C19H20N2O5S/c1-11-6-7-15-13(8-11)9-16(27-15)19(23)26-10-17(22)20-18-12(2)4-3-5-14(18)21(24)25/h3-5,9,11H,6-8,10H2,1-2H3,(H,20,22)/t11-/m0/s1. The van der Waals surface area contributed by atoms with Crippen molar-refractivity contribution in [3.05, 3.63) is 55.3 Å². The second-order valence-corrected chi connectivity index (χ2v) is 7.89. The van der Waals surface area contributed by atoms with Gasteiger partial charge in [-0.2, -0.15) is 0 Å². The number of nitro groups is 1. The van der Waals surface area contributed by atoms with E-state index >= 15 is 0 Å². The fourth-order valence-corrected chi connectivity index (χ4v) is 4.25. The number of nitro benzene ring substituents is 1. The third-order valence-electron chi connectivity index (χ3n) is 4.58. The maximum Gasteiger partial charge on any atom is 0.348 e. The summed E-state index contributed by atoms with van der Waals surface area (Å²) in [5, 5.41) is 13.6. The average molecular weight is 388 g/mol. The van der Waals surface area contributed by atoms with Crippen LogP contribution < -0.4 is 5.32 Å². The van der Waals surface area contributed by atoms with Crippen molar-refractivity contribution < 1.29 is 19.2 Å². The van der Waals surface area contributed by atoms with Gasteiger partial charge >= 0.3 is 5.97 Å². The highest BCUT2D eigenvalue weighted by atomic mass is 32.1. The number of carbonyl (C=O) groups excluding carboxylic acids is 2. The molecular formula is C19H20N2O5S. The van der Waals surface area contributed by atoms with E-state index in [-0.39, 0.29) is 11.4 Å². The van der Waals surface area contributed by atoms with Crippen molar-refractivity contribution in [3.8, 4) is 0 Å². The van der Waals surface area contributed by atoms with Gasteiger partial charge in [0.2, 0.25) is 0 Å². The molecule has 1 aliphatic rings. The number of amides is 1. The van der Waals surface area contributed by atoms with Crippen molar-refractivity contribution >= 4 is 34.6 Å². The van der Waals surface area contributed by atoms with Crippen molar-refractivity contribution in [1.82, 2.24) is 0 Å². The number of rotatable bonds is 5. The molecule has 0 spiro atoms. The van der Waals surface area contributed by atoms with Crippen LogP contribution in [0.25, 0.3) is 0 Å². The van der Waals surface area contributed by atoms with Crippen molar-refractivity contribution in [2.45, 2.75) is 33.1 Å². The van der Waals surface area contributed by atoms with Gasteiger partial charge < -0.3 is 10.1 Å². The highest BCUT2D eigenvalue weighted by molar-refractivity contribution is 7.14. The SMILES string of the molecule is Cc1cccc([N+](=O)[O-])c1NC(=O)COC(=O)c1cc2c(s1)CC[C@H](C)C2. The van der Waals surface area contributed by atoms with Gasteiger partial charge in [-0.15, -0.1) is 11.3 Å². The van der Waals surface area contributed by atoms with Crippen LogP contribution in [0.1, 0.15) is 39.0 Å². The van der Waals surface area contributed by atoms with Crippen molar-refractivity contribution in [2.24, 2.45) is 5.92 Å². The minimum atomic E-state index is -0.615. The molecule has 142 valence electrons. The molecule has 8 heteroatoms. The summed E-state index contributed by atoms with van der Waals surface area (Å²) >= 11 is 1.41. The van der Waals surface area contributed by atoms with Gasteiger partial charge in [0, 0.05) is 10.9 Å². The Kier molecular flexibility index (Phi) is 5.55. The van der Waals surface area contributed by atoms with Crippen LogP contribution in [0.15, 0.2) is 24.3 Å². The number of esters is 1. The van der Waals surface area contributed by atoms with E-state index in [9.17, 15) is 19.7 Å². The Balaban J connectivity index is 1.62. The number of nitrogens with zero attached hydrogens (tertiary/aromatic N) is 1. The number of aryl methyl sites for hydroxylation is 2. The molecule has 3 rings (SSSR count). The number of nitrogens with one attached hydrogen (secondary N) is 1. The van der Waals surface area contributed by atoms with Crippen LogP contribution in [0.2, 0.25) is 0 Å². The summed E-state index contributed by atoms with van der Waals surface area (Å²) in [6, 6.07) is 6.36. The van der Waals surface area contributed by atoms with Crippen LogP contribution in [-0.4, -0.2) is 23.4 Å². The lowest BCUT2D eigenvalue weighted by atomic mass is 9.90. The first kappa shape index (κ1) is 19.0. The van der Waals surface area contributed by atoms with E-state index in [2.05, 4.69) is 12.2 Å². The summed E-state index contributed by atoms with van der Waals surface area (Å²) in [5.41, 5.74) is 1.66. The van der Waals surface area contributed by atoms with Crippen LogP contribution in [0.4, 0.5) is 11.4 Å². The van der Waals surface area contributed by atoms with Gasteiger partial charge in [-0.05, 0) is 49.3 Å². The molecular weight excluding hydrogens is 368 g/mol. The predicted molar refractivity (Wildman–Crippen MR) is 102 cm³/mol. The van der Waals surface area contributed by atoms with Crippen LogP contribution in [0.5, 0.6) is 0 Å². The highest BCUT2D eigenvalue weighted by Gasteiger charge is 2.22. The maximum atomic E-state index is 12.2. The van der Waals surface area contributed by atoms with Crippen molar-refractivity contribution in [1.29, 1.82) is 0 Å². The summed E-state index contributed by atoms with van der Waals surface area (Å²) in [4.78, 5) is 36.6. The molecule has 0 aliphatic heterocycles. The molecule has 27 heavy (non-hydrogen) atoms. The van der Waals surface area contributed by atoms with Gasteiger partial charge in [0.15, 0.2) is 6.61 Å². The molecule has 0 saturated heterocycles. The fraction of sp³-hybridized carbons (Fsp3) is 0.368. The Morgan fingerprint density at radius 2 is 2.19 bits per heavy atom. The first-order valence-electron chi connectivity index (χ1n) is 8.67. The summed E-state index contributed by atoms with van der Waals surface area (Å²) in [6.45, 7) is 3.35. The van der Waals surface area contributed by atoms with E-state index in [1.807, 2.05) is 6.07 Å². The smallest absolute Gasteiger partial charge is 0.348 e. The van der Waals surface area contributed by atoms with Gasteiger partial charge in [0.1, 0.15) is 10.6 Å². The van der Waals surface area contributed by atoms with Gasteiger partial charge in [-0.25, -0.2) is 4.79 Å². The van der Waals surface area contributed by atoms with Crippen LogP contribution in [0, 0.1) is 23.0 Å². The number of hydrogen-bond donors (Lipinski definition) is 1. The zero-order valence-corrected chi connectivity index (χ0v) is 15.9. The maximum absolute atomic E-state index is 12.2. The van der Waals surface area contributed by atoms with Crippen LogP contribution in [-0.2, 0) is 22.4 Å². The Morgan fingerprint density at radius 3 is 2.93 bits per heavy atom. The number of fused-ring (bicyclic) bond motifs is 1. The Morgan fingerprint density at radius 1 is 1.41 bits per heavy atom. The molecule has 7 nitrogen and oxygen atoms in total. The lowest BCUT2D eigenvalue weighted by Crippen LogP contribution is -2.21. The van der Waals surface area contributed by atoms with Gasteiger partial charge in [0.05, 0.1) is 4.92 Å². The zero-order chi connectivity index (χ0) is 19.6. The minimum absolute atomic E-state index is 0.115. The molecule has 0 radical (unpaired) electrons. The zero-order valence-electron chi connectivity index (χ0n) is 15.1. The summed E-state index contributed by atoms with van der Waals surface area (Å²) in [5.74, 6) is -0.557. The topological polar surface area (TPSA) is 98.5 Å². The first-order chi connectivity index (χ1) is 12.8. The third-order valence-corrected chi connectivity index (χ3v) is 5.79. The summed E-state index contributed by atoms with van der Waals surface area (Å²) in [6.07, 6.45) is 3.03. The number of ether oxygens (including phenoxy) is 1. The quantitative estimate of drug-likeness (QED) is 0.476. The Bertz CT molecular complexity index is 906. The van der Waals surface area contributed by atoms with E-state index in [0.29, 0.717) is 16.4 Å². The van der Waals surface area contributed by atoms with Gasteiger partial charge in [-0.3, -0.25) is 14.9 Å².